The van der Waals surface area contributed by atoms with Gasteiger partial charge in [0.25, 0.3) is 0 Å². The summed E-state index contributed by atoms with van der Waals surface area (Å²) in [6.45, 7) is 5.27. The first-order valence-corrected chi connectivity index (χ1v) is 7.00. The van der Waals surface area contributed by atoms with E-state index in [4.69, 9.17) is 5.73 Å². The molecule has 0 radical (unpaired) electrons. The zero-order valence-electron chi connectivity index (χ0n) is 10.0. The molecule has 88 valence electrons. The van der Waals surface area contributed by atoms with Gasteiger partial charge in [-0.1, -0.05) is 13.8 Å². The topological polar surface area (TPSA) is 50.4 Å². The zero-order valence-corrected chi connectivity index (χ0v) is 10.9. The predicted molar refractivity (Wildman–Crippen MR) is 69.5 cm³/mol. The van der Waals surface area contributed by atoms with Gasteiger partial charge in [-0.2, -0.15) is 11.8 Å². The number of thioether (sulfide) groups is 1. The molecule has 1 rings (SSSR count). The molecule has 0 saturated heterocycles. The van der Waals surface area contributed by atoms with E-state index in [9.17, 15) is 0 Å². The normalized spacial score (nSPS) is 17.9. The number of guanidine groups is 1. The van der Waals surface area contributed by atoms with Crippen LogP contribution < -0.4 is 11.1 Å². The van der Waals surface area contributed by atoms with Crippen LogP contribution in [-0.4, -0.2) is 29.5 Å². The first kappa shape index (κ1) is 12.7. The highest BCUT2D eigenvalue weighted by Crippen LogP contribution is 2.30. The third-order valence-electron chi connectivity index (χ3n) is 3.19. The Morgan fingerprint density at radius 1 is 1.47 bits per heavy atom. The van der Waals surface area contributed by atoms with E-state index in [0.29, 0.717) is 12.0 Å². The van der Waals surface area contributed by atoms with Gasteiger partial charge in [0.05, 0.1) is 6.54 Å². The minimum Gasteiger partial charge on any atom is -0.370 e. The van der Waals surface area contributed by atoms with Gasteiger partial charge in [-0.3, -0.25) is 4.99 Å². The van der Waals surface area contributed by atoms with Gasteiger partial charge in [0, 0.05) is 10.8 Å². The molecule has 15 heavy (non-hydrogen) atoms. The molecule has 3 nitrogen and oxygen atoms in total. The van der Waals surface area contributed by atoms with Crippen molar-refractivity contribution in [2.45, 2.75) is 50.3 Å². The molecule has 0 aromatic rings. The number of hydrogen-bond donors (Lipinski definition) is 2. The van der Waals surface area contributed by atoms with E-state index in [-0.39, 0.29) is 4.75 Å². The van der Waals surface area contributed by atoms with Gasteiger partial charge in [-0.05, 0) is 31.9 Å². The number of nitrogens with one attached hydrogen (secondary N) is 1. The van der Waals surface area contributed by atoms with Crippen molar-refractivity contribution in [3.63, 3.8) is 0 Å². The van der Waals surface area contributed by atoms with Crippen LogP contribution in [0.25, 0.3) is 0 Å². The van der Waals surface area contributed by atoms with Crippen LogP contribution in [0, 0.1) is 0 Å². The first-order valence-electron chi connectivity index (χ1n) is 5.77. The fourth-order valence-electron chi connectivity index (χ4n) is 1.54. The third kappa shape index (κ3) is 3.93. The molecule has 1 saturated carbocycles. The highest BCUT2D eigenvalue weighted by atomic mass is 32.2. The summed E-state index contributed by atoms with van der Waals surface area (Å²) >= 11 is 1.90. The molecule has 0 atom stereocenters. The SMILES string of the molecule is CCC(CC)(CN=C(N)NC1CC1)SC. The molecule has 0 aliphatic heterocycles. The van der Waals surface area contributed by atoms with Gasteiger partial charge < -0.3 is 11.1 Å². The van der Waals surface area contributed by atoms with Crippen molar-refractivity contribution in [2.24, 2.45) is 10.7 Å². The Hall–Kier alpha value is -0.380. The van der Waals surface area contributed by atoms with Crippen molar-refractivity contribution in [1.82, 2.24) is 5.32 Å². The average Bonchev–Trinajstić information content (AvgIpc) is 3.05. The Kier molecular flexibility index (Phi) is 4.77. The van der Waals surface area contributed by atoms with Crippen molar-refractivity contribution in [3.05, 3.63) is 0 Å². The molecule has 0 aromatic carbocycles. The lowest BCUT2D eigenvalue weighted by atomic mass is 10.0. The monoisotopic (exact) mass is 229 g/mol. The number of hydrogen-bond acceptors (Lipinski definition) is 2. The summed E-state index contributed by atoms with van der Waals surface area (Å²) in [5.74, 6) is 0.623. The van der Waals surface area contributed by atoms with Gasteiger partial charge in [-0.15, -0.1) is 0 Å². The maximum absolute atomic E-state index is 5.82. The van der Waals surface area contributed by atoms with Crippen molar-refractivity contribution >= 4 is 17.7 Å². The van der Waals surface area contributed by atoms with Crippen molar-refractivity contribution in [2.75, 3.05) is 12.8 Å². The minimum atomic E-state index is 0.274. The number of nitrogens with two attached hydrogens (primary N) is 1. The highest BCUT2D eigenvalue weighted by molar-refractivity contribution is 8.00. The second kappa shape index (κ2) is 5.64. The molecule has 1 aliphatic rings. The number of nitrogens with zero attached hydrogens (tertiary/aromatic N) is 1. The van der Waals surface area contributed by atoms with E-state index in [1.807, 2.05) is 11.8 Å². The smallest absolute Gasteiger partial charge is 0.188 e. The Bertz CT molecular complexity index is 212. The second-order valence-corrected chi connectivity index (χ2v) is 5.49. The van der Waals surface area contributed by atoms with Crippen molar-refractivity contribution in [3.8, 4) is 0 Å². The summed E-state index contributed by atoms with van der Waals surface area (Å²) in [5, 5.41) is 3.22. The first-order chi connectivity index (χ1) is 7.15. The summed E-state index contributed by atoms with van der Waals surface area (Å²) < 4.78 is 0.274. The maximum Gasteiger partial charge on any atom is 0.188 e. The lowest BCUT2D eigenvalue weighted by Gasteiger charge is -2.27. The summed E-state index contributed by atoms with van der Waals surface area (Å²) in [4.78, 5) is 4.45. The molecule has 0 heterocycles. The van der Waals surface area contributed by atoms with Crippen LogP contribution in [0.15, 0.2) is 4.99 Å². The zero-order chi connectivity index (χ0) is 11.3. The van der Waals surface area contributed by atoms with Crippen LogP contribution >= 0.6 is 11.8 Å². The average molecular weight is 229 g/mol. The number of aliphatic imine (C=N–C) groups is 1. The Morgan fingerprint density at radius 2 is 2.07 bits per heavy atom. The highest BCUT2D eigenvalue weighted by Gasteiger charge is 2.25. The van der Waals surface area contributed by atoms with Crippen LogP contribution in [0.1, 0.15) is 39.5 Å². The van der Waals surface area contributed by atoms with E-state index < -0.39 is 0 Å². The molecule has 0 amide bonds. The standard InChI is InChI=1S/C11H23N3S/c1-4-11(5-2,15-3)8-13-10(12)14-9-6-7-9/h9H,4-8H2,1-3H3,(H3,12,13,14). The summed E-state index contributed by atoms with van der Waals surface area (Å²) in [6.07, 6.45) is 6.93. The molecule has 0 bridgehead atoms. The minimum absolute atomic E-state index is 0.274. The molecule has 1 aliphatic carbocycles. The van der Waals surface area contributed by atoms with Crippen molar-refractivity contribution < 1.29 is 0 Å². The molecule has 0 unspecified atom stereocenters. The van der Waals surface area contributed by atoms with Crippen LogP contribution in [-0.2, 0) is 0 Å². The van der Waals surface area contributed by atoms with Gasteiger partial charge in [0.2, 0.25) is 0 Å². The molecule has 1 fully saturated rings. The fraction of sp³-hybridized carbons (Fsp3) is 0.909. The summed E-state index contributed by atoms with van der Waals surface area (Å²) in [5.41, 5.74) is 5.82. The van der Waals surface area contributed by atoms with Gasteiger partial charge in [0.15, 0.2) is 5.96 Å². The van der Waals surface area contributed by atoms with Crippen molar-refractivity contribution in [1.29, 1.82) is 0 Å². The summed E-state index contributed by atoms with van der Waals surface area (Å²) in [7, 11) is 0. The Balaban J connectivity index is 2.42. The summed E-state index contributed by atoms with van der Waals surface area (Å²) in [6, 6.07) is 0.598. The number of rotatable bonds is 6. The molecule has 0 aromatic heterocycles. The van der Waals surface area contributed by atoms with Crippen LogP contribution in [0.4, 0.5) is 0 Å². The predicted octanol–water partition coefficient (Wildman–Crippen LogP) is 1.97. The van der Waals surface area contributed by atoms with Crippen LogP contribution in [0.2, 0.25) is 0 Å². The Morgan fingerprint density at radius 3 is 2.47 bits per heavy atom. The van der Waals surface area contributed by atoms with Crippen LogP contribution in [0.3, 0.4) is 0 Å². The Labute approximate surface area is 97.3 Å². The lowest BCUT2D eigenvalue weighted by Crippen LogP contribution is -2.36. The quantitative estimate of drug-likeness (QED) is 0.541. The molecular formula is C11H23N3S. The van der Waals surface area contributed by atoms with E-state index in [1.54, 1.807) is 0 Å². The third-order valence-corrected chi connectivity index (χ3v) is 4.76. The molecule has 4 heteroatoms. The van der Waals surface area contributed by atoms with E-state index >= 15 is 0 Å². The van der Waals surface area contributed by atoms with Gasteiger partial charge in [-0.25, -0.2) is 0 Å². The maximum atomic E-state index is 5.82. The molecular weight excluding hydrogens is 206 g/mol. The fourth-order valence-corrected chi connectivity index (χ4v) is 2.31. The molecule has 3 N–H and O–H groups in total. The van der Waals surface area contributed by atoms with Gasteiger partial charge in [0.1, 0.15) is 0 Å². The van der Waals surface area contributed by atoms with Gasteiger partial charge >= 0.3 is 0 Å². The molecule has 0 spiro atoms. The van der Waals surface area contributed by atoms with E-state index in [1.165, 1.54) is 12.8 Å². The van der Waals surface area contributed by atoms with Crippen LogP contribution in [0.5, 0.6) is 0 Å². The second-order valence-electron chi connectivity index (χ2n) is 4.21. The van der Waals surface area contributed by atoms with E-state index in [2.05, 4.69) is 30.4 Å². The lowest BCUT2D eigenvalue weighted by molar-refractivity contribution is 0.559. The van der Waals surface area contributed by atoms with E-state index in [0.717, 1.165) is 19.4 Å². The largest absolute Gasteiger partial charge is 0.370 e.